The maximum Gasteiger partial charge on any atom is 0.244 e. The van der Waals surface area contributed by atoms with Crippen LogP contribution < -0.4 is 10.3 Å². The van der Waals surface area contributed by atoms with E-state index in [9.17, 15) is 9.18 Å². The molecule has 0 aliphatic carbocycles. The summed E-state index contributed by atoms with van der Waals surface area (Å²) < 4.78 is 14.9. The molecular weight excluding hydrogens is 343 g/mol. The molecule has 0 saturated heterocycles. The number of nitrogens with one attached hydrogen (secondary N) is 1. The van der Waals surface area contributed by atoms with Crippen LogP contribution in [0.25, 0.3) is 5.69 Å². The van der Waals surface area contributed by atoms with Gasteiger partial charge in [-0.15, -0.1) is 0 Å². The van der Waals surface area contributed by atoms with Crippen molar-refractivity contribution in [2.45, 2.75) is 6.42 Å². The largest absolute Gasteiger partial charge is 0.378 e. The average molecular weight is 364 g/mol. The molecule has 1 amide bonds. The summed E-state index contributed by atoms with van der Waals surface area (Å²) in [6.45, 7) is 0. The van der Waals surface area contributed by atoms with E-state index in [1.165, 1.54) is 12.1 Å². The molecule has 0 atom stereocenters. The van der Waals surface area contributed by atoms with Crippen LogP contribution in [-0.4, -0.2) is 30.8 Å². The SMILES string of the molecule is CN(C)c1ccc(-n2cccc2/C=N/NC(=O)Cc2ccc(F)cc2)cc1. The Morgan fingerprint density at radius 1 is 1.11 bits per heavy atom. The van der Waals surface area contributed by atoms with Gasteiger partial charge in [-0.2, -0.15) is 5.10 Å². The Hall–Kier alpha value is -3.41. The second-order valence-corrected chi connectivity index (χ2v) is 6.31. The number of hydrogen-bond acceptors (Lipinski definition) is 3. The molecular formula is C21H21FN4O. The first-order chi connectivity index (χ1) is 13.0. The molecule has 0 bridgehead atoms. The van der Waals surface area contributed by atoms with Crippen molar-refractivity contribution in [3.05, 3.63) is 83.9 Å². The van der Waals surface area contributed by atoms with Crippen LogP contribution in [0.4, 0.5) is 10.1 Å². The maximum atomic E-state index is 12.9. The zero-order valence-corrected chi connectivity index (χ0v) is 15.3. The predicted molar refractivity (Wildman–Crippen MR) is 106 cm³/mol. The molecule has 0 spiro atoms. The minimum Gasteiger partial charge on any atom is -0.378 e. The van der Waals surface area contributed by atoms with Gasteiger partial charge in [-0.1, -0.05) is 12.1 Å². The number of halogens is 1. The van der Waals surface area contributed by atoms with Crippen molar-refractivity contribution >= 4 is 17.8 Å². The number of nitrogens with zero attached hydrogens (tertiary/aromatic N) is 3. The molecule has 3 rings (SSSR count). The third-order valence-electron chi connectivity index (χ3n) is 4.09. The van der Waals surface area contributed by atoms with Gasteiger partial charge in [-0.3, -0.25) is 4.79 Å². The van der Waals surface area contributed by atoms with E-state index in [0.717, 1.165) is 22.6 Å². The number of rotatable bonds is 6. The van der Waals surface area contributed by atoms with E-state index in [1.807, 2.05) is 66.2 Å². The zero-order valence-electron chi connectivity index (χ0n) is 15.3. The molecule has 0 fully saturated rings. The summed E-state index contributed by atoms with van der Waals surface area (Å²) in [5.41, 5.74) is 6.20. The van der Waals surface area contributed by atoms with Crippen molar-refractivity contribution in [3.63, 3.8) is 0 Å². The van der Waals surface area contributed by atoms with Crippen LogP contribution in [0, 0.1) is 5.82 Å². The number of anilines is 1. The summed E-state index contributed by atoms with van der Waals surface area (Å²) in [7, 11) is 3.99. The topological polar surface area (TPSA) is 49.6 Å². The fourth-order valence-electron chi connectivity index (χ4n) is 2.64. The Bertz CT molecular complexity index is 928. The number of carbonyl (C=O) groups is 1. The molecule has 0 aliphatic rings. The van der Waals surface area contributed by atoms with Gasteiger partial charge < -0.3 is 9.47 Å². The van der Waals surface area contributed by atoms with Crippen LogP contribution in [0.5, 0.6) is 0 Å². The monoisotopic (exact) mass is 364 g/mol. The lowest BCUT2D eigenvalue weighted by Gasteiger charge is -2.13. The van der Waals surface area contributed by atoms with Gasteiger partial charge in [0.1, 0.15) is 5.82 Å². The zero-order chi connectivity index (χ0) is 19.2. The number of hydrazone groups is 1. The van der Waals surface area contributed by atoms with E-state index in [2.05, 4.69) is 10.5 Å². The van der Waals surface area contributed by atoms with E-state index in [1.54, 1.807) is 18.3 Å². The lowest BCUT2D eigenvalue weighted by molar-refractivity contribution is -0.120. The summed E-state index contributed by atoms with van der Waals surface area (Å²) >= 11 is 0. The highest BCUT2D eigenvalue weighted by atomic mass is 19.1. The van der Waals surface area contributed by atoms with Gasteiger partial charge in [0.2, 0.25) is 5.91 Å². The molecule has 6 heteroatoms. The first-order valence-corrected chi connectivity index (χ1v) is 8.54. The Morgan fingerprint density at radius 2 is 1.81 bits per heavy atom. The van der Waals surface area contributed by atoms with Crippen LogP contribution in [0.15, 0.2) is 72.0 Å². The third kappa shape index (κ3) is 4.82. The number of amides is 1. The average Bonchev–Trinajstić information content (AvgIpc) is 3.12. The quantitative estimate of drug-likeness (QED) is 0.538. The van der Waals surface area contributed by atoms with E-state index >= 15 is 0 Å². The minimum atomic E-state index is -0.323. The molecule has 1 N–H and O–H groups in total. The van der Waals surface area contributed by atoms with Gasteiger partial charge in [0.25, 0.3) is 0 Å². The molecule has 3 aromatic rings. The Kier molecular flexibility index (Phi) is 5.66. The van der Waals surface area contributed by atoms with Crippen molar-refractivity contribution in [2.24, 2.45) is 5.10 Å². The Labute approximate surface area is 157 Å². The van der Waals surface area contributed by atoms with Crippen LogP contribution >= 0.6 is 0 Å². The smallest absolute Gasteiger partial charge is 0.244 e. The second kappa shape index (κ2) is 8.31. The van der Waals surface area contributed by atoms with Crippen LogP contribution in [0.3, 0.4) is 0 Å². The lowest BCUT2D eigenvalue weighted by Crippen LogP contribution is -2.20. The second-order valence-electron chi connectivity index (χ2n) is 6.31. The van der Waals surface area contributed by atoms with Crippen LogP contribution in [-0.2, 0) is 11.2 Å². The standard InChI is InChI=1S/C21H21FN4O/c1-25(2)18-9-11-19(12-10-18)26-13-3-4-20(26)15-23-24-21(27)14-16-5-7-17(22)8-6-16/h3-13,15H,14H2,1-2H3,(H,24,27)/b23-15+. The summed E-state index contributed by atoms with van der Waals surface area (Å²) in [4.78, 5) is 14.0. The fraction of sp³-hybridized carbons (Fsp3) is 0.143. The fourth-order valence-corrected chi connectivity index (χ4v) is 2.64. The van der Waals surface area contributed by atoms with E-state index in [4.69, 9.17) is 0 Å². The highest BCUT2D eigenvalue weighted by molar-refractivity contribution is 5.82. The van der Waals surface area contributed by atoms with Crippen molar-refractivity contribution < 1.29 is 9.18 Å². The first-order valence-electron chi connectivity index (χ1n) is 8.54. The van der Waals surface area contributed by atoms with E-state index in [0.29, 0.717) is 0 Å². The molecule has 5 nitrogen and oxygen atoms in total. The van der Waals surface area contributed by atoms with E-state index < -0.39 is 0 Å². The Morgan fingerprint density at radius 3 is 2.48 bits per heavy atom. The van der Waals surface area contributed by atoms with Gasteiger partial charge in [-0.05, 0) is 54.1 Å². The molecule has 138 valence electrons. The first kappa shape index (κ1) is 18.4. The third-order valence-corrected chi connectivity index (χ3v) is 4.09. The molecule has 1 heterocycles. The van der Waals surface area contributed by atoms with E-state index in [-0.39, 0.29) is 18.1 Å². The Balaban J connectivity index is 1.63. The van der Waals surface area contributed by atoms with Gasteiger partial charge in [0.15, 0.2) is 0 Å². The van der Waals surface area contributed by atoms with Crippen molar-refractivity contribution in [1.82, 2.24) is 9.99 Å². The van der Waals surface area contributed by atoms with Gasteiger partial charge in [0, 0.05) is 31.7 Å². The molecule has 2 aromatic carbocycles. The van der Waals surface area contributed by atoms with Gasteiger partial charge in [0.05, 0.1) is 18.3 Å². The summed E-state index contributed by atoms with van der Waals surface area (Å²) in [6, 6.07) is 17.8. The molecule has 0 unspecified atom stereocenters. The lowest BCUT2D eigenvalue weighted by atomic mass is 10.1. The highest BCUT2D eigenvalue weighted by Gasteiger charge is 2.04. The molecule has 27 heavy (non-hydrogen) atoms. The summed E-state index contributed by atoms with van der Waals surface area (Å²) in [5, 5.41) is 4.03. The van der Waals surface area contributed by atoms with Crippen molar-refractivity contribution in [2.75, 3.05) is 19.0 Å². The molecule has 1 aromatic heterocycles. The molecule has 0 aliphatic heterocycles. The highest BCUT2D eigenvalue weighted by Crippen LogP contribution is 2.17. The van der Waals surface area contributed by atoms with Crippen LogP contribution in [0.2, 0.25) is 0 Å². The number of benzene rings is 2. The maximum absolute atomic E-state index is 12.9. The minimum absolute atomic E-state index is 0.143. The number of hydrogen-bond donors (Lipinski definition) is 1. The number of carbonyl (C=O) groups excluding carboxylic acids is 1. The van der Waals surface area contributed by atoms with Gasteiger partial charge >= 0.3 is 0 Å². The van der Waals surface area contributed by atoms with Crippen molar-refractivity contribution in [3.8, 4) is 5.69 Å². The molecule has 0 saturated carbocycles. The predicted octanol–water partition coefficient (Wildman–Crippen LogP) is 3.38. The molecule has 0 radical (unpaired) electrons. The normalized spacial score (nSPS) is 10.9. The van der Waals surface area contributed by atoms with Crippen molar-refractivity contribution in [1.29, 1.82) is 0 Å². The summed E-state index contributed by atoms with van der Waals surface area (Å²) in [6.07, 6.45) is 3.68. The van der Waals surface area contributed by atoms with Crippen LogP contribution in [0.1, 0.15) is 11.3 Å². The number of aromatic nitrogens is 1. The summed E-state index contributed by atoms with van der Waals surface area (Å²) in [5.74, 6) is -0.581. The van der Waals surface area contributed by atoms with Gasteiger partial charge in [-0.25, -0.2) is 9.82 Å².